The lowest BCUT2D eigenvalue weighted by atomic mass is 10.1. The Kier molecular flexibility index (Phi) is 7.69. The molecule has 0 aromatic heterocycles. The third-order valence-electron chi connectivity index (χ3n) is 3.68. The predicted molar refractivity (Wildman–Crippen MR) is 101 cm³/mol. The lowest BCUT2D eigenvalue weighted by Crippen LogP contribution is -2.21. The van der Waals surface area contributed by atoms with E-state index in [2.05, 4.69) is 10.2 Å². The fourth-order valence-electron chi connectivity index (χ4n) is 2.30. The van der Waals surface area contributed by atoms with E-state index in [9.17, 15) is 18.0 Å². The lowest BCUT2D eigenvalue weighted by Gasteiger charge is -2.14. The summed E-state index contributed by atoms with van der Waals surface area (Å²) in [7, 11) is 4.00. The van der Waals surface area contributed by atoms with Gasteiger partial charge >= 0.3 is 6.18 Å². The van der Waals surface area contributed by atoms with E-state index >= 15 is 0 Å². The van der Waals surface area contributed by atoms with Crippen LogP contribution in [-0.4, -0.2) is 50.8 Å². The summed E-state index contributed by atoms with van der Waals surface area (Å²) < 4.78 is 47.0. The molecule has 152 valence electrons. The average Bonchev–Trinajstić information content (AvgIpc) is 2.64. The molecular formula is C20H23F3N2O3. The summed E-state index contributed by atoms with van der Waals surface area (Å²) in [6, 6.07) is 13.4. The summed E-state index contributed by atoms with van der Waals surface area (Å²) in [5.41, 5.74) is 1.77. The predicted octanol–water partition coefficient (Wildman–Crippen LogP) is 3.75. The van der Waals surface area contributed by atoms with E-state index < -0.39 is 18.7 Å². The van der Waals surface area contributed by atoms with Crippen molar-refractivity contribution in [1.82, 2.24) is 4.90 Å². The smallest absolute Gasteiger partial charge is 0.422 e. The standard InChI is InChI=1S/C20H23F3N2O3/c1-25(2)12-11-15-7-9-16(10-8-15)24-19(26)13-27-17-5-3-4-6-18(17)28-14-20(21,22)23/h3-10H,11-14H2,1-2H3,(H,24,26). The van der Waals surface area contributed by atoms with Crippen molar-refractivity contribution in [2.75, 3.05) is 39.2 Å². The lowest BCUT2D eigenvalue weighted by molar-refractivity contribution is -0.153. The van der Waals surface area contributed by atoms with Crippen LogP contribution in [0.5, 0.6) is 11.5 Å². The molecule has 2 aromatic carbocycles. The molecule has 0 unspecified atom stereocenters. The maximum absolute atomic E-state index is 12.3. The Morgan fingerprint density at radius 2 is 1.61 bits per heavy atom. The summed E-state index contributed by atoms with van der Waals surface area (Å²) in [6.45, 7) is -0.857. The first kappa shape index (κ1) is 21.6. The summed E-state index contributed by atoms with van der Waals surface area (Å²) in [4.78, 5) is 14.1. The molecule has 5 nitrogen and oxygen atoms in total. The molecule has 0 bridgehead atoms. The number of nitrogens with zero attached hydrogens (tertiary/aromatic N) is 1. The van der Waals surface area contributed by atoms with Crippen LogP contribution in [0.15, 0.2) is 48.5 Å². The Hall–Kier alpha value is -2.74. The van der Waals surface area contributed by atoms with Gasteiger partial charge in [0, 0.05) is 12.2 Å². The number of nitrogens with one attached hydrogen (secondary N) is 1. The number of anilines is 1. The van der Waals surface area contributed by atoms with Gasteiger partial charge in [-0.05, 0) is 50.3 Å². The molecule has 0 fully saturated rings. The number of hydrogen-bond acceptors (Lipinski definition) is 4. The monoisotopic (exact) mass is 396 g/mol. The normalized spacial score (nSPS) is 11.4. The van der Waals surface area contributed by atoms with Gasteiger partial charge in [-0.2, -0.15) is 13.2 Å². The second-order valence-electron chi connectivity index (χ2n) is 6.44. The summed E-state index contributed by atoms with van der Waals surface area (Å²) in [6.07, 6.45) is -3.55. The quantitative estimate of drug-likeness (QED) is 0.702. The van der Waals surface area contributed by atoms with E-state index in [-0.39, 0.29) is 18.1 Å². The average molecular weight is 396 g/mol. The molecule has 0 radical (unpaired) electrons. The number of carbonyl (C=O) groups is 1. The van der Waals surface area contributed by atoms with Gasteiger partial charge in [-0.1, -0.05) is 24.3 Å². The third-order valence-corrected chi connectivity index (χ3v) is 3.68. The maximum atomic E-state index is 12.3. The number of rotatable bonds is 9. The van der Waals surface area contributed by atoms with Crippen molar-refractivity contribution in [2.24, 2.45) is 0 Å². The fraction of sp³-hybridized carbons (Fsp3) is 0.350. The van der Waals surface area contributed by atoms with E-state index in [1.807, 2.05) is 26.2 Å². The van der Waals surface area contributed by atoms with Crippen molar-refractivity contribution in [3.05, 3.63) is 54.1 Å². The number of carbonyl (C=O) groups excluding carboxylic acids is 1. The van der Waals surface area contributed by atoms with Crippen LogP contribution < -0.4 is 14.8 Å². The van der Waals surface area contributed by atoms with Crippen molar-refractivity contribution in [2.45, 2.75) is 12.6 Å². The fourth-order valence-corrected chi connectivity index (χ4v) is 2.30. The Morgan fingerprint density at radius 1 is 1.00 bits per heavy atom. The van der Waals surface area contributed by atoms with Gasteiger partial charge < -0.3 is 19.7 Å². The Balaban J connectivity index is 1.86. The largest absolute Gasteiger partial charge is 0.480 e. The highest BCUT2D eigenvalue weighted by atomic mass is 19.4. The molecule has 2 rings (SSSR count). The minimum Gasteiger partial charge on any atom is -0.480 e. The molecule has 1 amide bonds. The molecule has 0 saturated heterocycles. The highest BCUT2D eigenvalue weighted by molar-refractivity contribution is 5.91. The van der Waals surface area contributed by atoms with Crippen LogP contribution in [0.25, 0.3) is 0 Å². The van der Waals surface area contributed by atoms with Crippen molar-refractivity contribution < 1.29 is 27.4 Å². The molecule has 0 aliphatic rings. The number of likely N-dealkylation sites (N-methyl/N-ethyl adjacent to an activating group) is 1. The van der Waals surface area contributed by atoms with Gasteiger partial charge in [0.25, 0.3) is 5.91 Å². The van der Waals surface area contributed by atoms with E-state index in [4.69, 9.17) is 9.47 Å². The van der Waals surface area contributed by atoms with E-state index in [0.29, 0.717) is 5.69 Å². The highest BCUT2D eigenvalue weighted by Gasteiger charge is 2.29. The molecular weight excluding hydrogens is 373 g/mol. The highest BCUT2D eigenvalue weighted by Crippen LogP contribution is 2.28. The molecule has 28 heavy (non-hydrogen) atoms. The van der Waals surface area contributed by atoms with E-state index in [1.165, 1.54) is 18.2 Å². The van der Waals surface area contributed by atoms with Crippen molar-refractivity contribution in [1.29, 1.82) is 0 Å². The first-order chi connectivity index (χ1) is 13.2. The van der Waals surface area contributed by atoms with Crippen molar-refractivity contribution in [3.63, 3.8) is 0 Å². The zero-order valence-electron chi connectivity index (χ0n) is 15.8. The Bertz CT molecular complexity index is 762. The molecule has 0 saturated carbocycles. The number of para-hydroxylation sites is 2. The number of alkyl halides is 3. The zero-order chi connectivity index (χ0) is 20.6. The summed E-state index contributed by atoms with van der Waals surface area (Å²) >= 11 is 0. The Labute approximate surface area is 162 Å². The molecule has 1 N–H and O–H groups in total. The second kappa shape index (κ2) is 9.98. The zero-order valence-corrected chi connectivity index (χ0v) is 15.8. The van der Waals surface area contributed by atoms with Gasteiger partial charge in [-0.25, -0.2) is 0 Å². The van der Waals surface area contributed by atoms with E-state index in [0.717, 1.165) is 18.5 Å². The number of hydrogen-bond donors (Lipinski definition) is 1. The minimum absolute atomic E-state index is 0.0703. The first-order valence-electron chi connectivity index (χ1n) is 8.68. The van der Waals surface area contributed by atoms with Crippen LogP contribution >= 0.6 is 0 Å². The van der Waals surface area contributed by atoms with Crippen LogP contribution in [0, 0.1) is 0 Å². The number of benzene rings is 2. The molecule has 8 heteroatoms. The number of ether oxygens (including phenoxy) is 2. The topological polar surface area (TPSA) is 50.8 Å². The van der Waals surface area contributed by atoms with Gasteiger partial charge in [-0.3, -0.25) is 4.79 Å². The van der Waals surface area contributed by atoms with Crippen molar-refractivity contribution in [3.8, 4) is 11.5 Å². The molecule has 0 heterocycles. The van der Waals surface area contributed by atoms with E-state index in [1.54, 1.807) is 18.2 Å². The summed E-state index contributed by atoms with van der Waals surface area (Å²) in [5, 5.41) is 2.68. The van der Waals surface area contributed by atoms with Crippen LogP contribution in [-0.2, 0) is 11.2 Å². The van der Waals surface area contributed by atoms with Gasteiger partial charge in [0.15, 0.2) is 24.7 Å². The maximum Gasteiger partial charge on any atom is 0.422 e. The first-order valence-corrected chi connectivity index (χ1v) is 8.68. The van der Waals surface area contributed by atoms with Crippen molar-refractivity contribution >= 4 is 11.6 Å². The number of amides is 1. The number of halogens is 3. The molecule has 2 aromatic rings. The SMILES string of the molecule is CN(C)CCc1ccc(NC(=O)COc2ccccc2OCC(F)(F)F)cc1. The van der Waals surface area contributed by atoms with Gasteiger partial charge in [0.1, 0.15) is 0 Å². The van der Waals surface area contributed by atoms with Crippen LogP contribution in [0.3, 0.4) is 0 Å². The van der Waals surface area contributed by atoms with Crippen LogP contribution in [0.2, 0.25) is 0 Å². The van der Waals surface area contributed by atoms with Gasteiger partial charge in [0.2, 0.25) is 0 Å². The van der Waals surface area contributed by atoms with Crippen LogP contribution in [0.1, 0.15) is 5.56 Å². The minimum atomic E-state index is -4.46. The Morgan fingerprint density at radius 3 is 2.18 bits per heavy atom. The third kappa shape index (κ3) is 7.87. The van der Waals surface area contributed by atoms with Crippen LogP contribution in [0.4, 0.5) is 18.9 Å². The molecule has 0 atom stereocenters. The summed E-state index contributed by atoms with van der Waals surface area (Å²) in [5.74, 6) is -0.425. The second-order valence-corrected chi connectivity index (χ2v) is 6.44. The molecule has 0 aliphatic carbocycles. The van der Waals surface area contributed by atoms with Gasteiger partial charge in [-0.15, -0.1) is 0 Å². The molecule has 0 aliphatic heterocycles. The molecule has 0 spiro atoms. The van der Waals surface area contributed by atoms with Gasteiger partial charge in [0.05, 0.1) is 0 Å².